The summed E-state index contributed by atoms with van der Waals surface area (Å²) in [5.74, 6) is 1.44. The second-order valence-electron chi connectivity index (χ2n) is 7.49. The van der Waals surface area contributed by atoms with Gasteiger partial charge in [0, 0.05) is 12.1 Å². The number of halogens is 3. The van der Waals surface area contributed by atoms with Gasteiger partial charge in [-0.2, -0.15) is 13.2 Å². The van der Waals surface area contributed by atoms with Crippen LogP contribution in [0, 0.1) is 0 Å². The van der Waals surface area contributed by atoms with Crippen molar-refractivity contribution in [2.75, 3.05) is 45.3 Å². The van der Waals surface area contributed by atoms with Gasteiger partial charge >= 0.3 is 6.18 Å². The molecule has 0 unspecified atom stereocenters. The molecule has 1 atom stereocenters. The summed E-state index contributed by atoms with van der Waals surface area (Å²) >= 11 is 0. The second-order valence-corrected chi connectivity index (χ2v) is 7.49. The number of rotatable bonds is 6. The normalized spacial score (nSPS) is 16.6. The topological polar surface area (TPSA) is 26.1 Å². The summed E-state index contributed by atoms with van der Waals surface area (Å²) < 4.78 is 49.6. The third-order valence-electron chi connectivity index (χ3n) is 5.63. The minimum Gasteiger partial charge on any atom is -0.493 e. The zero-order valence-electron chi connectivity index (χ0n) is 17.1. The predicted molar refractivity (Wildman–Crippen MR) is 107 cm³/mol. The molecule has 0 aromatic heterocycles. The van der Waals surface area contributed by atoms with E-state index in [9.17, 15) is 13.2 Å². The third-order valence-corrected chi connectivity index (χ3v) is 5.63. The number of nitrogens with zero attached hydrogens (tertiary/aromatic N) is 1. The first-order chi connectivity index (χ1) is 13.8. The van der Waals surface area contributed by atoms with Crippen LogP contribution in [-0.4, -0.2) is 46.4 Å². The largest absolute Gasteiger partial charge is 0.493 e. The highest BCUT2D eigenvalue weighted by molar-refractivity contribution is 5.49. The van der Waals surface area contributed by atoms with Gasteiger partial charge in [-0.3, -0.25) is 0 Å². The zero-order valence-corrected chi connectivity index (χ0v) is 17.1. The van der Waals surface area contributed by atoms with Crippen molar-refractivity contribution < 1.29 is 27.5 Å². The summed E-state index contributed by atoms with van der Waals surface area (Å²) in [5.41, 5.74) is 1.24. The number of hydrogen-bond acceptors (Lipinski definition) is 3. The molecule has 0 spiro atoms. The maximum Gasteiger partial charge on any atom is 0.416 e. The van der Waals surface area contributed by atoms with Gasteiger partial charge in [0.1, 0.15) is 0 Å². The Morgan fingerprint density at radius 1 is 1.00 bits per heavy atom. The first kappa shape index (κ1) is 21.3. The Kier molecular flexibility index (Phi) is 6.57. The molecule has 1 aliphatic heterocycles. The Labute approximate surface area is 169 Å². The minimum atomic E-state index is -4.31. The Hall–Kier alpha value is -2.41. The molecular weight excluding hydrogens is 381 g/mol. The van der Waals surface area contributed by atoms with Crippen molar-refractivity contribution in [1.82, 2.24) is 0 Å². The van der Waals surface area contributed by atoms with E-state index in [0.29, 0.717) is 17.5 Å². The lowest BCUT2D eigenvalue weighted by Crippen LogP contribution is -3.18. The van der Waals surface area contributed by atoms with E-state index in [1.54, 1.807) is 20.3 Å². The lowest BCUT2D eigenvalue weighted by Gasteiger charge is -2.36. The lowest BCUT2D eigenvalue weighted by molar-refractivity contribution is -0.923. The molecular formula is C22H28F3N2O2+. The molecule has 7 heteroatoms. The molecule has 0 radical (unpaired) electrons. The smallest absolute Gasteiger partial charge is 0.416 e. The van der Waals surface area contributed by atoms with E-state index >= 15 is 0 Å². The lowest BCUT2D eigenvalue weighted by atomic mass is 10.0. The molecule has 2 aromatic carbocycles. The molecule has 29 heavy (non-hydrogen) atoms. The summed E-state index contributed by atoms with van der Waals surface area (Å²) in [7, 11) is 3.25. The second kappa shape index (κ2) is 8.95. The molecule has 1 heterocycles. The highest BCUT2D eigenvalue weighted by Gasteiger charge is 2.31. The van der Waals surface area contributed by atoms with Crippen molar-refractivity contribution in [3.8, 4) is 11.5 Å². The molecule has 1 fully saturated rings. The van der Waals surface area contributed by atoms with E-state index in [2.05, 4.69) is 13.0 Å². The Morgan fingerprint density at radius 3 is 2.31 bits per heavy atom. The third kappa shape index (κ3) is 5.15. The monoisotopic (exact) mass is 409 g/mol. The average Bonchev–Trinajstić information content (AvgIpc) is 2.73. The zero-order chi connectivity index (χ0) is 21.0. The number of anilines is 1. The van der Waals surface area contributed by atoms with Crippen LogP contribution in [0.5, 0.6) is 11.5 Å². The van der Waals surface area contributed by atoms with Crippen LogP contribution in [0.25, 0.3) is 0 Å². The molecule has 0 saturated carbocycles. The van der Waals surface area contributed by atoms with Crippen LogP contribution < -0.4 is 19.3 Å². The molecule has 3 rings (SSSR count). The van der Waals surface area contributed by atoms with Crippen molar-refractivity contribution in [2.45, 2.75) is 25.6 Å². The summed E-state index contributed by atoms with van der Waals surface area (Å²) in [6, 6.07) is 12.0. The van der Waals surface area contributed by atoms with Gasteiger partial charge < -0.3 is 19.3 Å². The summed E-state index contributed by atoms with van der Waals surface area (Å²) in [5, 5.41) is 0. The molecule has 1 aliphatic rings. The van der Waals surface area contributed by atoms with Crippen LogP contribution in [0.4, 0.5) is 18.9 Å². The summed E-state index contributed by atoms with van der Waals surface area (Å²) in [6.07, 6.45) is -3.41. The van der Waals surface area contributed by atoms with Gasteiger partial charge in [-0.15, -0.1) is 0 Å². The maximum absolute atomic E-state index is 13.0. The number of ether oxygens (including phenoxy) is 2. The van der Waals surface area contributed by atoms with Gasteiger partial charge in [-0.25, -0.2) is 0 Å². The van der Waals surface area contributed by atoms with Gasteiger partial charge in [0.25, 0.3) is 0 Å². The number of quaternary nitrogens is 1. The highest BCUT2D eigenvalue weighted by atomic mass is 19.4. The molecule has 0 aliphatic carbocycles. The first-order valence-electron chi connectivity index (χ1n) is 9.79. The number of hydrogen-bond donors (Lipinski definition) is 1. The quantitative estimate of drug-likeness (QED) is 0.794. The van der Waals surface area contributed by atoms with Gasteiger partial charge in [0.15, 0.2) is 11.5 Å². The van der Waals surface area contributed by atoms with E-state index in [-0.39, 0.29) is 0 Å². The Bertz CT molecular complexity index is 818. The number of benzene rings is 2. The van der Waals surface area contributed by atoms with Crippen LogP contribution in [0.1, 0.15) is 18.1 Å². The molecule has 0 bridgehead atoms. The van der Waals surface area contributed by atoms with E-state index in [0.717, 1.165) is 44.4 Å². The molecule has 1 saturated heterocycles. The molecule has 158 valence electrons. The standard InChI is InChI=1S/C22H27F3N2O2/c1-16(13-17-7-8-20(28-2)21(14-17)29-3)26-9-11-27(12-10-26)19-6-4-5-18(15-19)22(23,24)25/h4-8,14-16H,9-13H2,1-3H3/p+1/t16-/m0/s1. The van der Waals surface area contributed by atoms with Gasteiger partial charge in [0.2, 0.25) is 0 Å². The number of piperazine rings is 1. The highest BCUT2D eigenvalue weighted by Crippen LogP contribution is 2.31. The molecule has 0 amide bonds. The van der Waals surface area contributed by atoms with Gasteiger partial charge in [-0.05, 0) is 42.8 Å². The van der Waals surface area contributed by atoms with Gasteiger partial charge in [-0.1, -0.05) is 12.1 Å². The van der Waals surface area contributed by atoms with E-state index in [4.69, 9.17) is 9.47 Å². The average molecular weight is 409 g/mol. The minimum absolute atomic E-state index is 0.400. The van der Waals surface area contributed by atoms with Crippen molar-refractivity contribution in [1.29, 1.82) is 0 Å². The van der Waals surface area contributed by atoms with Crippen LogP contribution in [0.15, 0.2) is 42.5 Å². The van der Waals surface area contributed by atoms with E-state index < -0.39 is 11.7 Å². The fourth-order valence-corrected chi connectivity index (χ4v) is 3.93. The molecule has 2 aromatic rings. The number of methoxy groups -OCH3 is 2. The Morgan fingerprint density at radius 2 is 1.69 bits per heavy atom. The maximum atomic E-state index is 13.0. The van der Waals surface area contributed by atoms with Crippen LogP contribution >= 0.6 is 0 Å². The fourth-order valence-electron chi connectivity index (χ4n) is 3.93. The predicted octanol–water partition coefficient (Wildman–Crippen LogP) is 3.06. The van der Waals surface area contributed by atoms with Crippen LogP contribution in [-0.2, 0) is 12.6 Å². The van der Waals surface area contributed by atoms with Crippen LogP contribution in [0.3, 0.4) is 0 Å². The van der Waals surface area contributed by atoms with Crippen molar-refractivity contribution in [3.63, 3.8) is 0 Å². The van der Waals surface area contributed by atoms with Crippen molar-refractivity contribution in [2.24, 2.45) is 0 Å². The molecule has 4 nitrogen and oxygen atoms in total. The van der Waals surface area contributed by atoms with E-state index in [1.807, 2.05) is 17.0 Å². The van der Waals surface area contributed by atoms with Crippen LogP contribution in [0.2, 0.25) is 0 Å². The summed E-state index contributed by atoms with van der Waals surface area (Å²) in [6.45, 7) is 5.49. The fraction of sp³-hybridized carbons (Fsp3) is 0.455. The number of alkyl halides is 3. The van der Waals surface area contributed by atoms with Gasteiger partial charge in [0.05, 0.1) is 52.0 Å². The first-order valence-corrected chi connectivity index (χ1v) is 9.79. The SMILES string of the molecule is COc1ccc(C[C@H](C)[NH+]2CCN(c3cccc(C(F)(F)F)c3)CC2)cc1OC. The van der Waals surface area contributed by atoms with E-state index in [1.165, 1.54) is 22.6 Å². The van der Waals surface area contributed by atoms with Crippen molar-refractivity contribution >= 4 is 5.69 Å². The Balaban J connectivity index is 1.59. The van der Waals surface area contributed by atoms with Crippen molar-refractivity contribution in [3.05, 3.63) is 53.6 Å². The number of nitrogens with one attached hydrogen (secondary N) is 1. The summed E-state index contributed by atoms with van der Waals surface area (Å²) in [4.78, 5) is 3.50. The molecule has 1 N–H and O–H groups in total.